The normalized spacial score (nSPS) is 22.8. The fourth-order valence-corrected chi connectivity index (χ4v) is 2.39. The van der Waals surface area contributed by atoms with Crippen molar-refractivity contribution in [1.82, 2.24) is 0 Å². The fourth-order valence-electron chi connectivity index (χ4n) is 2.39. The van der Waals surface area contributed by atoms with Gasteiger partial charge in [0.2, 0.25) is 0 Å². The van der Waals surface area contributed by atoms with Crippen molar-refractivity contribution in [3.63, 3.8) is 0 Å². The molecule has 1 fully saturated rings. The van der Waals surface area contributed by atoms with Gasteiger partial charge in [-0.25, -0.2) is 4.39 Å². The average Bonchev–Trinajstić information content (AvgIpc) is 2.41. The Hall–Kier alpha value is -2.07. The van der Waals surface area contributed by atoms with E-state index in [1.807, 2.05) is 6.07 Å². The van der Waals surface area contributed by atoms with Gasteiger partial charge in [0.1, 0.15) is 11.9 Å². The SMILES string of the molecule is N#Cc1cc(F)ccc1NC1CCCCC1C#N. The molecule has 1 aromatic carbocycles. The third-order valence-electron chi connectivity index (χ3n) is 3.37. The first-order valence-corrected chi connectivity index (χ1v) is 6.10. The molecule has 0 amide bonds. The van der Waals surface area contributed by atoms with Gasteiger partial charge in [-0.1, -0.05) is 12.8 Å². The molecule has 2 unspecified atom stereocenters. The number of hydrogen-bond acceptors (Lipinski definition) is 3. The average molecular weight is 243 g/mol. The van der Waals surface area contributed by atoms with Gasteiger partial charge in [0.05, 0.1) is 23.2 Å². The molecule has 1 aliphatic carbocycles. The fraction of sp³-hybridized carbons (Fsp3) is 0.429. The lowest BCUT2D eigenvalue weighted by molar-refractivity contribution is 0.388. The second-order valence-electron chi connectivity index (χ2n) is 4.57. The molecule has 3 nitrogen and oxygen atoms in total. The van der Waals surface area contributed by atoms with Crippen LogP contribution in [0.3, 0.4) is 0 Å². The van der Waals surface area contributed by atoms with Crippen LogP contribution in [-0.2, 0) is 0 Å². The Morgan fingerprint density at radius 2 is 2.00 bits per heavy atom. The molecule has 18 heavy (non-hydrogen) atoms. The monoisotopic (exact) mass is 243 g/mol. The van der Waals surface area contributed by atoms with Crippen molar-refractivity contribution >= 4 is 5.69 Å². The summed E-state index contributed by atoms with van der Waals surface area (Å²) < 4.78 is 13.0. The van der Waals surface area contributed by atoms with Gasteiger partial charge in [-0.15, -0.1) is 0 Å². The van der Waals surface area contributed by atoms with E-state index in [0.29, 0.717) is 5.69 Å². The van der Waals surface area contributed by atoms with Crippen LogP contribution in [0.1, 0.15) is 31.2 Å². The first-order chi connectivity index (χ1) is 8.74. The second-order valence-corrected chi connectivity index (χ2v) is 4.57. The summed E-state index contributed by atoms with van der Waals surface area (Å²) in [5.74, 6) is -0.451. The predicted octanol–water partition coefficient (Wildman–Crippen LogP) is 3.19. The van der Waals surface area contributed by atoms with E-state index >= 15 is 0 Å². The van der Waals surface area contributed by atoms with Crippen molar-refractivity contribution in [2.45, 2.75) is 31.7 Å². The maximum Gasteiger partial charge on any atom is 0.124 e. The minimum absolute atomic E-state index is 0.0321. The number of hydrogen-bond donors (Lipinski definition) is 1. The quantitative estimate of drug-likeness (QED) is 0.867. The molecule has 1 saturated carbocycles. The second kappa shape index (κ2) is 5.51. The summed E-state index contributed by atoms with van der Waals surface area (Å²) in [6.45, 7) is 0. The van der Waals surface area contributed by atoms with E-state index in [-0.39, 0.29) is 17.5 Å². The highest BCUT2D eigenvalue weighted by atomic mass is 19.1. The molecule has 0 bridgehead atoms. The number of nitrogens with zero attached hydrogens (tertiary/aromatic N) is 2. The molecule has 4 heteroatoms. The van der Waals surface area contributed by atoms with E-state index in [9.17, 15) is 4.39 Å². The van der Waals surface area contributed by atoms with Crippen molar-refractivity contribution in [3.05, 3.63) is 29.6 Å². The highest BCUT2D eigenvalue weighted by Crippen LogP contribution is 2.28. The van der Waals surface area contributed by atoms with Gasteiger partial charge >= 0.3 is 0 Å². The molecule has 1 aliphatic rings. The highest BCUT2D eigenvalue weighted by Gasteiger charge is 2.25. The number of anilines is 1. The minimum atomic E-state index is -0.419. The van der Waals surface area contributed by atoms with Gasteiger partial charge in [0.15, 0.2) is 0 Å². The number of nitrogens with one attached hydrogen (secondary N) is 1. The largest absolute Gasteiger partial charge is 0.380 e. The molecule has 0 aliphatic heterocycles. The van der Waals surface area contributed by atoms with E-state index in [2.05, 4.69) is 11.4 Å². The molecular weight excluding hydrogens is 229 g/mol. The molecule has 2 atom stereocenters. The maximum atomic E-state index is 13.0. The van der Waals surface area contributed by atoms with Crippen LogP contribution >= 0.6 is 0 Å². The zero-order chi connectivity index (χ0) is 13.0. The Kier molecular flexibility index (Phi) is 3.79. The summed E-state index contributed by atoms with van der Waals surface area (Å²) in [6.07, 6.45) is 3.96. The van der Waals surface area contributed by atoms with Gasteiger partial charge in [0.25, 0.3) is 0 Å². The first kappa shape index (κ1) is 12.4. The third-order valence-corrected chi connectivity index (χ3v) is 3.37. The van der Waals surface area contributed by atoms with Crippen LogP contribution in [0.4, 0.5) is 10.1 Å². The van der Waals surface area contributed by atoms with Crippen molar-refractivity contribution < 1.29 is 4.39 Å². The van der Waals surface area contributed by atoms with E-state index in [1.54, 1.807) is 6.07 Å². The van der Waals surface area contributed by atoms with Crippen molar-refractivity contribution in [2.24, 2.45) is 5.92 Å². The van der Waals surface area contributed by atoms with Gasteiger partial charge in [0, 0.05) is 6.04 Å². The standard InChI is InChI=1S/C14H14FN3/c15-12-5-6-14(11(7-12)9-17)18-13-4-2-1-3-10(13)8-16/h5-7,10,13,18H,1-4H2. The van der Waals surface area contributed by atoms with Crippen LogP contribution in [0.25, 0.3) is 0 Å². The summed E-state index contributed by atoms with van der Waals surface area (Å²) in [7, 11) is 0. The van der Waals surface area contributed by atoms with Crippen LogP contribution in [-0.4, -0.2) is 6.04 Å². The van der Waals surface area contributed by atoms with Crippen LogP contribution in [0.5, 0.6) is 0 Å². The third kappa shape index (κ3) is 2.60. The summed E-state index contributed by atoms with van der Waals surface area (Å²) in [6, 6.07) is 8.44. The van der Waals surface area contributed by atoms with Crippen LogP contribution in [0, 0.1) is 34.4 Å². The minimum Gasteiger partial charge on any atom is -0.380 e. The molecule has 0 radical (unpaired) electrons. The van der Waals surface area contributed by atoms with Gasteiger partial charge in [-0.05, 0) is 31.0 Å². The Balaban J connectivity index is 2.18. The van der Waals surface area contributed by atoms with Crippen molar-refractivity contribution in [1.29, 1.82) is 10.5 Å². The smallest absolute Gasteiger partial charge is 0.124 e. The van der Waals surface area contributed by atoms with Gasteiger partial charge in [-0.2, -0.15) is 10.5 Å². The van der Waals surface area contributed by atoms with E-state index in [4.69, 9.17) is 10.5 Å². The Morgan fingerprint density at radius 3 is 2.72 bits per heavy atom. The number of rotatable bonds is 2. The van der Waals surface area contributed by atoms with Crippen molar-refractivity contribution in [2.75, 3.05) is 5.32 Å². The molecule has 0 saturated heterocycles. The van der Waals surface area contributed by atoms with Crippen LogP contribution in [0.2, 0.25) is 0 Å². The van der Waals surface area contributed by atoms with Crippen LogP contribution in [0.15, 0.2) is 18.2 Å². The molecule has 2 rings (SSSR count). The first-order valence-electron chi connectivity index (χ1n) is 6.10. The Bertz CT molecular complexity index is 513. The predicted molar refractivity (Wildman–Crippen MR) is 66.1 cm³/mol. The topological polar surface area (TPSA) is 59.6 Å². The van der Waals surface area contributed by atoms with E-state index in [0.717, 1.165) is 25.7 Å². The molecule has 0 aromatic heterocycles. The molecule has 1 N–H and O–H groups in total. The summed E-state index contributed by atoms with van der Waals surface area (Å²) in [5, 5.41) is 21.3. The lowest BCUT2D eigenvalue weighted by Gasteiger charge is -2.28. The Morgan fingerprint density at radius 1 is 1.22 bits per heavy atom. The number of benzene rings is 1. The van der Waals surface area contributed by atoms with E-state index in [1.165, 1.54) is 12.1 Å². The maximum absolute atomic E-state index is 13.0. The Labute approximate surface area is 106 Å². The summed E-state index contributed by atoms with van der Waals surface area (Å²) >= 11 is 0. The van der Waals surface area contributed by atoms with Crippen molar-refractivity contribution in [3.8, 4) is 12.1 Å². The molecule has 0 spiro atoms. The van der Waals surface area contributed by atoms with E-state index < -0.39 is 5.82 Å². The molecule has 92 valence electrons. The molecular formula is C14H14FN3. The lowest BCUT2D eigenvalue weighted by Crippen LogP contribution is -2.31. The highest BCUT2D eigenvalue weighted by molar-refractivity contribution is 5.58. The lowest BCUT2D eigenvalue weighted by atomic mass is 9.85. The molecule has 0 heterocycles. The molecule has 1 aromatic rings. The summed E-state index contributed by atoms with van der Waals surface area (Å²) in [4.78, 5) is 0. The van der Waals surface area contributed by atoms with Crippen LogP contribution < -0.4 is 5.32 Å². The number of halogens is 1. The zero-order valence-electron chi connectivity index (χ0n) is 9.99. The number of nitriles is 2. The summed E-state index contributed by atoms with van der Waals surface area (Å²) in [5.41, 5.74) is 0.906. The zero-order valence-corrected chi connectivity index (χ0v) is 9.99. The van der Waals surface area contributed by atoms with Gasteiger partial charge < -0.3 is 5.32 Å². The van der Waals surface area contributed by atoms with Gasteiger partial charge in [-0.3, -0.25) is 0 Å².